The molecule has 0 bridgehead atoms. The summed E-state index contributed by atoms with van der Waals surface area (Å²) in [6.07, 6.45) is -4.77. The molecule has 8 heteroatoms. The molecule has 6 nitrogen and oxygen atoms in total. The molecule has 142 valence electrons. The predicted molar refractivity (Wildman–Crippen MR) is 91.3 cm³/mol. The molecule has 0 aromatic heterocycles. The summed E-state index contributed by atoms with van der Waals surface area (Å²) in [5.74, 6) is 0.488. The Morgan fingerprint density at radius 2 is 1.70 bits per heavy atom. The third kappa shape index (κ3) is 3.11. The van der Waals surface area contributed by atoms with Crippen molar-refractivity contribution in [1.29, 1.82) is 0 Å². The quantitative estimate of drug-likeness (QED) is 0.811. The van der Waals surface area contributed by atoms with E-state index in [2.05, 4.69) is 14.8 Å². The van der Waals surface area contributed by atoms with E-state index in [0.717, 1.165) is 11.1 Å². The van der Waals surface area contributed by atoms with Gasteiger partial charge in [-0.3, -0.25) is 0 Å². The summed E-state index contributed by atoms with van der Waals surface area (Å²) in [4.78, 5) is 11.2. The van der Waals surface area contributed by atoms with Crippen molar-refractivity contribution in [3.05, 3.63) is 42.0 Å². The highest BCUT2D eigenvalue weighted by molar-refractivity contribution is 5.71. The fraction of sp³-hybridized carbons (Fsp3) is 0.316. The molecule has 0 spiro atoms. The van der Waals surface area contributed by atoms with Crippen LogP contribution in [0.3, 0.4) is 0 Å². The molecule has 0 radical (unpaired) electrons. The van der Waals surface area contributed by atoms with Crippen LogP contribution < -0.4 is 19.5 Å². The summed E-state index contributed by atoms with van der Waals surface area (Å²) >= 11 is 0. The van der Waals surface area contributed by atoms with E-state index < -0.39 is 23.8 Å². The van der Waals surface area contributed by atoms with Crippen LogP contribution in [-0.4, -0.2) is 24.1 Å². The topological polar surface area (TPSA) is 77.0 Å². The lowest BCUT2D eigenvalue weighted by atomic mass is 9.78. The number of carboxylic acid groups (broad SMARTS) is 1. The Morgan fingerprint density at radius 1 is 1.07 bits per heavy atom. The third-order valence-electron chi connectivity index (χ3n) is 4.71. The summed E-state index contributed by atoms with van der Waals surface area (Å²) in [7, 11) is 0. The number of carbonyl (C=O) groups is 1. The molecule has 2 N–H and O–H groups in total. The SMILES string of the molecule is CC1(C)COc2cc(-c3ccc4c(c3)OC(F)(F)O4)ccc2C1NC(=O)O. The van der Waals surface area contributed by atoms with Crippen LogP contribution in [0.15, 0.2) is 36.4 Å². The lowest BCUT2D eigenvalue weighted by molar-refractivity contribution is -0.286. The smallest absolute Gasteiger partial charge is 0.493 e. The first-order valence-electron chi connectivity index (χ1n) is 8.31. The van der Waals surface area contributed by atoms with Crippen LogP contribution in [0.25, 0.3) is 11.1 Å². The van der Waals surface area contributed by atoms with Crippen LogP contribution >= 0.6 is 0 Å². The van der Waals surface area contributed by atoms with Crippen LogP contribution in [0.5, 0.6) is 17.2 Å². The maximum atomic E-state index is 13.2. The van der Waals surface area contributed by atoms with Crippen molar-refractivity contribution in [2.45, 2.75) is 26.2 Å². The van der Waals surface area contributed by atoms with Crippen molar-refractivity contribution in [3.8, 4) is 28.4 Å². The zero-order valence-corrected chi connectivity index (χ0v) is 14.6. The van der Waals surface area contributed by atoms with Gasteiger partial charge < -0.3 is 24.6 Å². The minimum absolute atomic E-state index is 0.0227. The van der Waals surface area contributed by atoms with E-state index in [-0.39, 0.29) is 11.5 Å². The summed E-state index contributed by atoms with van der Waals surface area (Å²) < 4.78 is 41.1. The minimum Gasteiger partial charge on any atom is -0.493 e. The molecule has 2 aliphatic heterocycles. The third-order valence-corrected chi connectivity index (χ3v) is 4.71. The number of ether oxygens (including phenoxy) is 3. The molecule has 1 unspecified atom stereocenters. The predicted octanol–water partition coefficient (Wildman–Crippen LogP) is 4.40. The minimum atomic E-state index is -3.67. The zero-order chi connectivity index (χ0) is 19.4. The number of hydrogen-bond donors (Lipinski definition) is 2. The van der Waals surface area contributed by atoms with Crippen LogP contribution in [0, 0.1) is 5.41 Å². The molecule has 0 saturated heterocycles. The van der Waals surface area contributed by atoms with E-state index in [0.29, 0.717) is 17.9 Å². The second kappa shape index (κ2) is 5.73. The van der Waals surface area contributed by atoms with Gasteiger partial charge in [0.2, 0.25) is 0 Å². The molecule has 2 aromatic carbocycles. The molecule has 1 amide bonds. The normalized spacial score (nSPS) is 21.1. The number of hydrogen-bond acceptors (Lipinski definition) is 4. The molecule has 0 fully saturated rings. The van der Waals surface area contributed by atoms with Crippen molar-refractivity contribution in [3.63, 3.8) is 0 Å². The average Bonchev–Trinajstić information content (AvgIpc) is 2.89. The lowest BCUT2D eigenvalue weighted by Crippen LogP contribution is -2.43. The lowest BCUT2D eigenvalue weighted by Gasteiger charge is -2.39. The van der Waals surface area contributed by atoms with Gasteiger partial charge in [-0.05, 0) is 29.3 Å². The van der Waals surface area contributed by atoms with Gasteiger partial charge in [0.15, 0.2) is 11.5 Å². The van der Waals surface area contributed by atoms with Crippen LogP contribution in [0.2, 0.25) is 0 Å². The first-order chi connectivity index (χ1) is 12.6. The second-order valence-corrected chi connectivity index (χ2v) is 7.24. The highest BCUT2D eigenvalue weighted by Gasteiger charge is 2.43. The summed E-state index contributed by atoms with van der Waals surface area (Å²) in [6.45, 7) is 4.17. The Morgan fingerprint density at radius 3 is 2.41 bits per heavy atom. The van der Waals surface area contributed by atoms with E-state index in [1.165, 1.54) is 12.1 Å². The van der Waals surface area contributed by atoms with Crippen molar-refractivity contribution >= 4 is 6.09 Å². The fourth-order valence-corrected chi connectivity index (χ4v) is 3.37. The summed E-state index contributed by atoms with van der Waals surface area (Å²) in [6, 6.07) is 9.44. The molecule has 27 heavy (non-hydrogen) atoms. The van der Waals surface area contributed by atoms with Crippen molar-refractivity contribution < 1.29 is 32.9 Å². The average molecular weight is 377 g/mol. The molecule has 2 aliphatic rings. The second-order valence-electron chi connectivity index (χ2n) is 7.24. The Bertz CT molecular complexity index is 928. The van der Waals surface area contributed by atoms with E-state index in [9.17, 15) is 13.6 Å². The van der Waals surface area contributed by atoms with E-state index in [4.69, 9.17) is 9.84 Å². The van der Waals surface area contributed by atoms with Gasteiger partial charge in [0, 0.05) is 11.0 Å². The molecule has 1 atom stereocenters. The number of amides is 1. The van der Waals surface area contributed by atoms with Gasteiger partial charge in [-0.1, -0.05) is 32.0 Å². The standard InChI is InChI=1S/C19H17F2NO5/c1-18(2)9-25-14-7-10(3-5-12(14)16(18)22-17(23)24)11-4-6-13-15(8-11)27-19(20,21)26-13/h3-8,16,22H,9H2,1-2H3,(H,23,24). The molecular formula is C19H17F2NO5. The monoisotopic (exact) mass is 377 g/mol. The Labute approximate surface area is 153 Å². The zero-order valence-electron chi connectivity index (χ0n) is 14.6. The van der Waals surface area contributed by atoms with Crippen LogP contribution in [0.1, 0.15) is 25.5 Å². The molecule has 0 aliphatic carbocycles. The van der Waals surface area contributed by atoms with Gasteiger partial charge in [0.1, 0.15) is 5.75 Å². The van der Waals surface area contributed by atoms with E-state index in [1.807, 2.05) is 13.8 Å². The van der Waals surface area contributed by atoms with Crippen LogP contribution in [-0.2, 0) is 0 Å². The maximum absolute atomic E-state index is 13.2. The summed E-state index contributed by atoms with van der Waals surface area (Å²) in [5.41, 5.74) is 1.68. The van der Waals surface area contributed by atoms with Crippen molar-refractivity contribution in [1.82, 2.24) is 5.32 Å². The molecular weight excluding hydrogens is 360 g/mol. The highest BCUT2D eigenvalue weighted by Crippen LogP contribution is 2.46. The Hall–Kier alpha value is -3.03. The van der Waals surface area contributed by atoms with E-state index >= 15 is 0 Å². The van der Waals surface area contributed by atoms with Crippen molar-refractivity contribution in [2.24, 2.45) is 5.41 Å². The number of halogens is 2. The number of rotatable bonds is 2. The largest absolute Gasteiger partial charge is 0.586 e. The Kier molecular flexibility index (Phi) is 3.69. The van der Waals surface area contributed by atoms with Crippen LogP contribution in [0.4, 0.5) is 13.6 Å². The maximum Gasteiger partial charge on any atom is 0.586 e. The first kappa shape index (κ1) is 17.4. The Balaban J connectivity index is 1.69. The summed E-state index contributed by atoms with van der Waals surface area (Å²) in [5, 5.41) is 11.7. The molecule has 4 rings (SSSR count). The molecule has 2 aromatic rings. The van der Waals surface area contributed by atoms with E-state index in [1.54, 1.807) is 24.3 Å². The molecule has 2 heterocycles. The number of fused-ring (bicyclic) bond motifs is 2. The van der Waals surface area contributed by atoms with Gasteiger partial charge in [-0.15, -0.1) is 8.78 Å². The van der Waals surface area contributed by atoms with Gasteiger partial charge in [-0.25, -0.2) is 4.79 Å². The molecule has 0 saturated carbocycles. The fourth-order valence-electron chi connectivity index (χ4n) is 3.37. The number of benzene rings is 2. The number of alkyl halides is 2. The van der Waals surface area contributed by atoms with Gasteiger partial charge in [0.25, 0.3) is 0 Å². The number of nitrogens with one attached hydrogen (secondary N) is 1. The van der Waals surface area contributed by atoms with Crippen molar-refractivity contribution in [2.75, 3.05) is 6.61 Å². The van der Waals surface area contributed by atoms with Gasteiger partial charge >= 0.3 is 12.4 Å². The van der Waals surface area contributed by atoms with Gasteiger partial charge in [0.05, 0.1) is 12.6 Å². The highest BCUT2D eigenvalue weighted by atomic mass is 19.3. The van der Waals surface area contributed by atoms with Gasteiger partial charge in [-0.2, -0.15) is 0 Å². The first-order valence-corrected chi connectivity index (χ1v) is 8.31.